The van der Waals surface area contributed by atoms with Crippen LogP contribution in [0.4, 0.5) is 0 Å². The smallest absolute Gasteiger partial charge is 0.235 e. The van der Waals surface area contributed by atoms with Crippen LogP contribution in [-0.4, -0.2) is 37.9 Å². The number of amides is 1. The van der Waals surface area contributed by atoms with E-state index in [2.05, 4.69) is 10.2 Å². The molecule has 2 aromatic carbocycles. The van der Waals surface area contributed by atoms with Gasteiger partial charge in [-0.05, 0) is 12.5 Å². The molecule has 0 aliphatic carbocycles. The number of hydrogen-bond donors (Lipinski definition) is 0. The fourth-order valence-electron chi connectivity index (χ4n) is 2.71. The summed E-state index contributed by atoms with van der Waals surface area (Å²) in [6, 6.07) is 19.9. The van der Waals surface area contributed by atoms with Crippen molar-refractivity contribution in [1.29, 1.82) is 0 Å². The number of thioether (sulfide) groups is 1. The monoisotopic (exact) mass is 366 g/mol. The molecule has 1 heterocycles. The van der Waals surface area contributed by atoms with Crippen LogP contribution in [0.1, 0.15) is 12.5 Å². The Morgan fingerprint density at radius 1 is 1.08 bits per heavy atom. The first-order chi connectivity index (χ1) is 12.6. The lowest BCUT2D eigenvalue weighted by Crippen LogP contribution is -2.32. The predicted octanol–water partition coefficient (Wildman–Crippen LogP) is 3.62. The standard InChI is InChI=1S/C20H22N4OS/c1-15(19(25)23(2)14-16-10-6-4-7-11-16)26-20-22-21-18(24(20)3)17-12-8-5-9-13-17/h4-13,15H,14H2,1-3H3. The highest BCUT2D eigenvalue weighted by Gasteiger charge is 2.22. The Bertz CT molecular complexity index is 864. The van der Waals surface area contributed by atoms with Crippen molar-refractivity contribution in [2.45, 2.75) is 23.9 Å². The topological polar surface area (TPSA) is 51.0 Å². The molecule has 0 aliphatic heterocycles. The fourth-order valence-corrected chi connectivity index (χ4v) is 3.64. The largest absolute Gasteiger partial charge is 0.340 e. The van der Waals surface area contributed by atoms with Crippen LogP contribution < -0.4 is 0 Å². The van der Waals surface area contributed by atoms with Crippen molar-refractivity contribution in [3.05, 3.63) is 66.2 Å². The van der Waals surface area contributed by atoms with Gasteiger partial charge in [-0.15, -0.1) is 10.2 Å². The van der Waals surface area contributed by atoms with E-state index in [0.717, 1.165) is 22.1 Å². The molecule has 0 saturated carbocycles. The zero-order valence-electron chi connectivity index (χ0n) is 15.2. The second-order valence-corrected chi connectivity index (χ2v) is 7.48. The molecule has 26 heavy (non-hydrogen) atoms. The highest BCUT2D eigenvalue weighted by Crippen LogP contribution is 2.26. The summed E-state index contributed by atoms with van der Waals surface area (Å²) in [5.74, 6) is 0.869. The van der Waals surface area contributed by atoms with Gasteiger partial charge in [0.2, 0.25) is 5.91 Å². The first-order valence-electron chi connectivity index (χ1n) is 8.46. The Balaban J connectivity index is 1.67. The Morgan fingerprint density at radius 3 is 2.35 bits per heavy atom. The van der Waals surface area contributed by atoms with Gasteiger partial charge < -0.3 is 9.47 Å². The van der Waals surface area contributed by atoms with E-state index in [4.69, 9.17) is 0 Å². The number of benzene rings is 2. The maximum atomic E-state index is 12.7. The van der Waals surface area contributed by atoms with Crippen LogP contribution in [0.15, 0.2) is 65.8 Å². The Kier molecular flexibility index (Phi) is 5.73. The van der Waals surface area contributed by atoms with E-state index in [0.29, 0.717) is 6.54 Å². The molecular weight excluding hydrogens is 344 g/mol. The van der Waals surface area contributed by atoms with Gasteiger partial charge in [0.25, 0.3) is 0 Å². The van der Waals surface area contributed by atoms with Gasteiger partial charge in [-0.2, -0.15) is 0 Å². The molecule has 5 nitrogen and oxygen atoms in total. The van der Waals surface area contributed by atoms with Crippen LogP contribution in [0.25, 0.3) is 11.4 Å². The summed E-state index contributed by atoms with van der Waals surface area (Å²) in [6.07, 6.45) is 0. The predicted molar refractivity (Wildman–Crippen MR) is 105 cm³/mol. The third-order valence-corrected chi connectivity index (χ3v) is 5.26. The Labute approximate surface area is 158 Å². The van der Waals surface area contributed by atoms with Crippen LogP contribution in [0, 0.1) is 0 Å². The molecule has 0 N–H and O–H groups in total. The van der Waals surface area contributed by atoms with Gasteiger partial charge in [-0.25, -0.2) is 0 Å². The lowest BCUT2D eigenvalue weighted by Gasteiger charge is -2.21. The van der Waals surface area contributed by atoms with Crippen LogP contribution in [0.5, 0.6) is 0 Å². The average molecular weight is 366 g/mol. The molecule has 134 valence electrons. The summed E-state index contributed by atoms with van der Waals surface area (Å²) < 4.78 is 1.93. The summed E-state index contributed by atoms with van der Waals surface area (Å²) in [5, 5.41) is 9.03. The quantitative estimate of drug-likeness (QED) is 0.625. The van der Waals surface area contributed by atoms with E-state index in [9.17, 15) is 4.79 Å². The first kappa shape index (κ1) is 18.2. The van der Waals surface area contributed by atoms with Crippen LogP contribution in [0.3, 0.4) is 0 Å². The normalized spacial score (nSPS) is 12.0. The minimum absolute atomic E-state index is 0.0723. The Hall–Kier alpha value is -2.60. The highest BCUT2D eigenvalue weighted by atomic mass is 32.2. The van der Waals surface area contributed by atoms with Crippen LogP contribution in [0.2, 0.25) is 0 Å². The van der Waals surface area contributed by atoms with Gasteiger partial charge in [0, 0.05) is 26.2 Å². The van der Waals surface area contributed by atoms with E-state index in [-0.39, 0.29) is 11.2 Å². The fraction of sp³-hybridized carbons (Fsp3) is 0.250. The molecule has 6 heteroatoms. The van der Waals surface area contributed by atoms with Gasteiger partial charge in [0.15, 0.2) is 11.0 Å². The highest BCUT2D eigenvalue weighted by molar-refractivity contribution is 8.00. The third kappa shape index (κ3) is 4.14. The SMILES string of the molecule is CC(Sc1nnc(-c2ccccc2)n1C)C(=O)N(C)Cc1ccccc1. The molecule has 0 saturated heterocycles. The third-order valence-electron chi connectivity index (χ3n) is 4.14. The molecule has 3 rings (SSSR count). The summed E-state index contributed by atoms with van der Waals surface area (Å²) in [6.45, 7) is 2.50. The maximum absolute atomic E-state index is 12.7. The molecule has 1 unspecified atom stereocenters. The molecule has 3 aromatic rings. The van der Waals surface area contributed by atoms with E-state index in [1.807, 2.05) is 86.2 Å². The maximum Gasteiger partial charge on any atom is 0.235 e. The summed E-state index contributed by atoms with van der Waals surface area (Å²) >= 11 is 1.43. The summed E-state index contributed by atoms with van der Waals surface area (Å²) in [5.41, 5.74) is 2.13. The van der Waals surface area contributed by atoms with Gasteiger partial charge >= 0.3 is 0 Å². The number of aromatic nitrogens is 3. The lowest BCUT2D eigenvalue weighted by molar-refractivity contribution is -0.129. The zero-order valence-corrected chi connectivity index (χ0v) is 16.0. The molecule has 1 amide bonds. The molecule has 1 aromatic heterocycles. The van der Waals surface area contributed by atoms with E-state index in [1.165, 1.54) is 11.8 Å². The Morgan fingerprint density at radius 2 is 1.69 bits per heavy atom. The van der Waals surface area contributed by atoms with Crippen LogP contribution >= 0.6 is 11.8 Å². The van der Waals surface area contributed by atoms with E-state index in [1.54, 1.807) is 4.90 Å². The van der Waals surface area contributed by atoms with Gasteiger partial charge in [0.1, 0.15) is 0 Å². The molecule has 1 atom stereocenters. The van der Waals surface area contributed by atoms with E-state index >= 15 is 0 Å². The summed E-state index contributed by atoms with van der Waals surface area (Å²) in [7, 11) is 3.76. The number of nitrogens with zero attached hydrogens (tertiary/aromatic N) is 4. The lowest BCUT2D eigenvalue weighted by atomic mass is 10.2. The van der Waals surface area contributed by atoms with E-state index < -0.39 is 0 Å². The van der Waals surface area contributed by atoms with Crippen molar-refractivity contribution < 1.29 is 4.79 Å². The minimum atomic E-state index is -0.241. The average Bonchev–Trinajstić information content (AvgIpc) is 3.03. The zero-order chi connectivity index (χ0) is 18.5. The minimum Gasteiger partial charge on any atom is -0.340 e. The molecule has 0 bridgehead atoms. The van der Waals surface area contributed by atoms with Crippen molar-refractivity contribution in [3.8, 4) is 11.4 Å². The van der Waals surface area contributed by atoms with Crippen molar-refractivity contribution in [1.82, 2.24) is 19.7 Å². The van der Waals surface area contributed by atoms with Crippen molar-refractivity contribution in [2.75, 3.05) is 7.05 Å². The first-order valence-corrected chi connectivity index (χ1v) is 9.34. The molecular formula is C20H22N4OS. The molecule has 0 spiro atoms. The second kappa shape index (κ2) is 8.19. The van der Waals surface area contributed by atoms with Crippen molar-refractivity contribution in [2.24, 2.45) is 7.05 Å². The van der Waals surface area contributed by atoms with Crippen molar-refractivity contribution in [3.63, 3.8) is 0 Å². The molecule has 0 radical (unpaired) electrons. The van der Waals surface area contributed by atoms with Gasteiger partial charge in [-0.1, -0.05) is 72.4 Å². The second-order valence-electron chi connectivity index (χ2n) is 6.17. The number of hydrogen-bond acceptors (Lipinski definition) is 4. The van der Waals surface area contributed by atoms with Crippen LogP contribution in [-0.2, 0) is 18.4 Å². The van der Waals surface area contributed by atoms with Gasteiger partial charge in [-0.3, -0.25) is 4.79 Å². The number of rotatable bonds is 6. The van der Waals surface area contributed by atoms with Gasteiger partial charge in [0.05, 0.1) is 5.25 Å². The number of carbonyl (C=O) groups is 1. The number of carbonyl (C=O) groups excluding carboxylic acids is 1. The van der Waals surface area contributed by atoms with Crippen molar-refractivity contribution >= 4 is 17.7 Å². The molecule has 0 fully saturated rings. The summed E-state index contributed by atoms with van der Waals surface area (Å²) in [4.78, 5) is 14.4. The molecule has 0 aliphatic rings.